The van der Waals surface area contributed by atoms with Crippen molar-refractivity contribution in [1.29, 1.82) is 0 Å². The van der Waals surface area contributed by atoms with Crippen molar-refractivity contribution in [2.75, 3.05) is 14.2 Å². The first-order valence-corrected chi connectivity index (χ1v) is 8.63. The van der Waals surface area contributed by atoms with E-state index in [0.717, 1.165) is 23.5 Å². The Morgan fingerprint density at radius 2 is 1.96 bits per heavy atom. The Labute approximate surface area is 151 Å². The van der Waals surface area contributed by atoms with E-state index in [2.05, 4.69) is 15.1 Å². The van der Waals surface area contributed by atoms with Crippen molar-refractivity contribution in [1.82, 2.24) is 19.6 Å². The Morgan fingerprint density at radius 1 is 1.15 bits per heavy atom. The summed E-state index contributed by atoms with van der Waals surface area (Å²) in [4.78, 5) is 21.7. The van der Waals surface area contributed by atoms with E-state index < -0.39 is 0 Å². The Bertz CT molecular complexity index is 996. The molecule has 1 aromatic carbocycles. The monoisotopic (exact) mass is 352 g/mol. The zero-order valence-electron chi connectivity index (χ0n) is 15.0. The number of aromatic nitrogens is 4. The molecular formula is C19H20N4O3. The standard InChI is InChI=1S/C19H20N4O3/c1-4-18-21-19-20-14-7-12(8-15(24)13(14)10-23(19)22-18)11-5-6-16(25-2)17(9-11)26-3/h5-6,9-10,12H,4,7-8H2,1-3H3. The SMILES string of the molecule is CCc1nc2nc3c(cn2n1)C(=O)CC(c1ccc(OC)c(OC)c1)C3. The Morgan fingerprint density at radius 3 is 2.69 bits per heavy atom. The number of carbonyl (C=O) groups excluding carboxylic acids is 1. The molecule has 26 heavy (non-hydrogen) atoms. The van der Waals surface area contributed by atoms with Crippen LogP contribution in [0.4, 0.5) is 0 Å². The summed E-state index contributed by atoms with van der Waals surface area (Å²) in [5.41, 5.74) is 2.46. The van der Waals surface area contributed by atoms with Crippen molar-refractivity contribution in [3.05, 3.63) is 47.0 Å². The minimum atomic E-state index is 0.0540. The number of carbonyl (C=O) groups is 1. The lowest BCUT2D eigenvalue weighted by atomic mass is 9.82. The maximum atomic E-state index is 12.7. The second-order valence-electron chi connectivity index (χ2n) is 6.37. The van der Waals surface area contributed by atoms with Crippen molar-refractivity contribution in [2.24, 2.45) is 0 Å². The average Bonchev–Trinajstić information content (AvgIpc) is 3.08. The molecule has 7 nitrogen and oxygen atoms in total. The first-order chi connectivity index (χ1) is 12.6. The second kappa shape index (κ2) is 6.40. The normalized spacial score (nSPS) is 16.6. The predicted molar refractivity (Wildman–Crippen MR) is 95.1 cm³/mol. The van der Waals surface area contributed by atoms with Crippen molar-refractivity contribution in [2.45, 2.75) is 32.1 Å². The molecular weight excluding hydrogens is 332 g/mol. The third-order valence-corrected chi connectivity index (χ3v) is 4.82. The number of ether oxygens (including phenoxy) is 2. The first kappa shape index (κ1) is 16.5. The van der Waals surface area contributed by atoms with Gasteiger partial charge in [-0.05, 0) is 30.0 Å². The highest BCUT2D eigenvalue weighted by atomic mass is 16.5. The van der Waals surface area contributed by atoms with Crippen LogP contribution in [-0.2, 0) is 12.8 Å². The van der Waals surface area contributed by atoms with Gasteiger partial charge >= 0.3 is 0 Å². The molecule has 0 saturated carbocycles. The molecule has 2 aromatic heterocycles. The van der Waals surface area contributed by atoms with Crippen LogP contribution in [0.2, 0.25) is 0 Å². The number of methoxy groups -OCH3 is 2. The van der Waals surface area contributed by atoms with Crippen LogP contribution in [0.25, 0.3) is 5.78 Å². The number of benzene rings is 1. The highest BCUT2D eigenvalue weighted by Gasteiger charge is 2.29. The van der Waals surface area contributed by atoms with Crippen LogP contribution in [0.15, 0.2) is 24.4 Å². The lowest BCUT2D eigenvalue weighted by Crippen LogP contribution is -2.21. The molecule has 0 spiro atoms. The number of Topliss-reactive ketones (excluding diaryl/α,β-unsaturated/α-hetero) is 1. The Balaban J connectivity index is 1.72. The third kappa shape index (κ3) is 2.69. The summed E-state index contributed by atoms with van der Waals surface area (Å²) in [6.07, 6.45) is 3.61. The van der Waals surface area contributed by atoms with Crippen molar-refractivity contribution in [3.63, 3.8) is 0 Å². The van der Waals surface area contributed by atoms with E-state index >= 15 is 0 Å². The van der Waals surface area contributed by atoms with Gasteiger partial charge in [0.15, 0.2) is 23.1 Å². The predicted octanol–water partition coefficient (Wildman–Crippen LogP) is 2.62. The number of aryl methyl sites for hydroxylation is 1. The van der Waals surface area contributed by atoms with E-state index in [1.165, 1.54) is 0 Å². The fourth-order valence-electron chi connectivity index (χ4n) is 3.42. The van der Waals surface area contributed by atoms with Gasteiger partial charge in [-0.2, -0.15) is 4.98 Å². The lowest BCUT2D eigenvalue weighted by Gasteiger charge is -2.23. The van der Waals surface area contributed by atoms with Crippen molar-refractivity contribution < 1.29 is 14.3 Å². The van der Waals surface area contributed by atoms with Crippen molar-refractivity contribution >= 4 is 11.6 Å². The van der Waals surface area contributed by atoms with Crippen LogP contribution in [0.5, 0.6) is 11.5 Å². The van der Waals surface area contributed by atoms with Gasteiger partial charge in [0.2, 0.25) is 0 Å². The summed E-state index contributed by atoms with van der Waals surface area (Å²) in [5, 5.41) is 4.35. The summed E-state index contributed by atoms with van der Waals surface area (Å²) >= 11 is 0. The van der Waals surface area contributed by atoms with E-state index in [1.54, 1.807) is 24.9 Å². The third-order valence-electron chi connectivity index (χ3n) is 4.82. The van der Waals surface area contributed by atoms with Gasteiger partial charge in [-0.3, -0.25) is 4.79 Å². The number of hydrogen-bond donors (Lipinski definition) is 0. The molecule has 0 amide bonds. The average molecular weight is 352 g/mol. The van der Waals surface area contributed by atoms with E-state index in [1.807, 2.05) is 25.1 Å². The van der Waals surface area contributed by atoms with E-state index in [4.69, 9.17) is 9.47 Å². The van der Waals surface area contributed by atoms with Gasteiger partial charge in [0.1, 0.15) is 0 Å². The molecule has 134 valence electrons. The van der Waals surface area contributed by atoms with E-state index in [-0.39, 0.29) is 11.7 Å². The number of hydrogen-bond acceptors (Lipinski definition) is 6. The molecule has 4 rings (SSSR count). The molecule has 1 atom stereocenters. The molecule has 3 aromatic rings. The molecule has 1 unspecified atom stereocenters. The van der Waals surface area contributed by atoms with Crippen LogP contribution in [-0.4, -0.2) is 39.6 Å². The van der Waals surface area contributed by atoms with Gasteiger partial charge < -0.3 is 9.47 Å². The quantitative estimate of drug-likeness (QED) is 0.718. The van der Waals surface area contributed by atoms with Gasteiger partial charge in [-0.25, -0.2) is 9.50 Å². The number of fused-ring (bicyclic) bond motifs is 2. The molecule has 0 aliphatic heterocycles. The van der Waals surface area contributed by atoms with Crippen molar-refractivity contribution in [3.8, 4) is 11.5 Å². The summed E-state index contributed by atoms with van der Waals surface area (Å²) in [6, 6.07) is 5.79. The molecule has 1 aliphatic carbocycles. The van der Waals surface area contributed by atoms with Gasteiger partial charge in [-0.1, -0.05) is 13.0 Å². The van der Waals surface area contributed by atoms with Crippen LogP contribution >= 0.6 is 0 Å². The summed E-state index contributed by atoms with van der Waals surface area (Å²) < 4.78 is 12.3. The van der Waals surface area contributed by atoms with Gasteiger partial charge in [0.05, 0.1) is 25.5 Å². The smallest absolute Gasteiger partial charge is 0.252 e. The zero-order chi connectivity index (χ0) is 18.3. The van der Waals surface area contributed by atoms with Gasteiger partial charge in [0.25, 0.3) is 5.78 Å². The van der Waals surface area contributed by atoms with E-state index in [0.29, 0.717) is 35.7 Å². The second-order valence-corrected chi connectivity index (χ2v) is 6.37. The van der Waals surface area contributed by atoms with E-state index in [9.17, 15) is 4.79 Å². The number of nitrogens with zero attached hydrogens (tertiary/aromatic N) is 4. The fourth-order valence-corrected chi connectivity index (χ4v) is 3.42. The number of rotatable bonds is 4. The highest BCUT2D eigenvalue weighted by molar-refractivity contribution is 5.98. The topological polar surface area (TPSA) is 78.6 Å². The minimum Gasteiger partial charge on any atom is -0.493 e. The van der Waals surface area contributed by atoms with Crippen LogP contribution in [0.3, 0.4) is 0 Å². The molecule has 0 bridgehead atoms. The summed E-state index contributed by atoms with van der Waals surface area (Å²) in [6.45, 7) is 1.99. The Kier molecular flexibility index (Phi) is 4.06. The maximum absolute atomic E-state index is 12.7. The molecule has 1 aliphatic rings. The molecule has 0 radical (unpaired) electrons. The summed E-state index contributed by atoms with van der Waals surface area (Å²) in [5.74, 6) is 2.74. The Hall–Kier alpha value is -2.96. The molecule has 0 saturated heterocycles. The molecule has 0 N–H and O–H groups in total. The highest BCUT2D eigenvalue weighted by Crippen LogP contribution is 2.36. The fraction of sp³-hybridized carbons (Fsp3) is 0.368. The molecule has 2 heterocycles. The first-order valence-electron chi connectivity index (χ1n) is 8.63. The van der Waals surface area contributed by atoms with Crippen LogP contribution < -0.4 is 9.47 Å². The molecule has 7 heteroatoms. The zero-order valence-corrected chi connectivity index (χ0v) is 15.0. The minimum absolute atomic E-state index is 0.0540. The van der Waals surface area contributed by atoms with Crippen LogP contribution in [0, 0.1) is 0 Å². The number of ketones is 1. The van der Waals surface area contributed by atoms with Crippen LogP contribution in [0.1, 0.15) is 46.7 Å². The maximum Gasteiger partial charge on any atom is 0.252 e. The largest absolute Gasteiger partial charge is 0.493 e. The lowest BCUT2D eigenvalue weighted by molar-refractivity contribution is 0.0962. The van der Waals surface area contributed by atoms with Gasteiger partial charge in [-0.15, -0.1) is 5.10 Å². The van der Waals surface area contributed by atoms with Gasteiger partial charge in [0, 0.05) is 19.0 Å². The molecule has 0 fully saturated rings. The summed E-state index contributed by atoms with van der Waals surface area (Å²) in [7, 11) is 3.22.